The highest BCUT2D eigenvalue weighted by atomic mass is 19.1. The monoisotopic (exact) mass is 383 g/mol. The molecule has 0 fully saturated rings. The van der Waals surface area contributed by atoms with Crippen LogP contribution in [0.25, 0.3) is 6.08 Å². The highest BCUT2D eigenvalue weighted by molar-refractivity contribution is 6.10. The third kappa shape index (κ3) is 3.40. The van der Waals surface area contributed by atoms with Gasteiger partial charge in [-0.3, -0.25) is 4.79 Å². The van der Waals surface area contributed by atoms with Crippen molar-refractivity contribution in [2.75, 3.05) is 11.9 Å². The average molecular weight is 383 g/mol. The standard InChI is InChI=1S/C26H22FNO/c1-28-24-14-8-7-13-23(24)26(25(28)29,21-11-5-2-6-12-21)19-9-3-4-10-20-15-17-22(27)18-16-20/h2-18H,19H2,1H3/b9-3+,10-4+/t26-/m0/s1. The number of nitrogens with zero attached hydrogens (tertiary/aromatic N) is 1. The summed E-state index contributed by atoms with van der Waals surface area (Å²) >= 11 is 0. The normalized spacial score (nSPS) is 18.7. The zero-order valence-corrected chi connectivity index (χ0v) is 16.3. The number of allylic oxidation sites excluding steroid dienone is 3. The second kappa shape index (κ2) is 7.88. The van der Waals surface area contributed by atoms with Gasteiger partial charge in [-0.25, -0.2) is 4.39 Å². The van der Waals surface area contributed by atoms with Gasteiger partial charge in [-0.05, 0) is 41.3 Å². The molecule has 0 unspecified atom stereocenters. The van der Waals surface area contributed by atoms with Gasteiger partial charge in [-0.2, -0.15) is 0 Å². The van der Waals surface area contributed by atoms with Gasteiger partial charge in [0.05, 0.1) is 0 Å². The summed E-state index contributed by atoms with van der Waals surface area (Å²) in [6, 6.07) is 24.3. The van der Waals surface area contributed by atoms with Crippen LogP contribution in [0.15, 0.2) is 97.1 Å². The van der Waals surface area contributed by atoms with E-state index in [9.17, 15) is 9.18 Å². The minimum Gasteiger partial charge on any atom is -0.314 e. The van der Waals surface area contributed by atoms with Gasteiger partial charge in [0, 0.05) is 12.7 Å². The molecule has 0 bridgehead atoms. The van der Waals surface area contributed by atoms with E-state index in [4.69, 9.17) is 0 Å². The van der Waals surface area contributed by atoms with E-state index in [0.717, 1.165) is 22.4 Å². The van der Waals surface area contributed by atoms with E-state index in [2.05, 4.69) is 0 Å². The van der Waals surface area contributed by atoms with Crippen molar-refractivity contribution in [1.82, 2.24) is 0 Å². The van der Waals surface area contributed by atoms with Gasteiger partial charge < -0.3 is 4.90 Å². The molecule has 1 amide bonds. The van der Waals surface area contributed by atoms with E-state index in [-0.39, 0.29) is 11.7 Å². The summed E-state index contributed by atoms with van der Waals surface area (Å²) in [7, 11) is 1.84. The summed E-state index contributed by atoms with van der Waals surface area (Å²) < 4.78 is 13.0. The SMILES string of the molecule is CN1C(=O)[C@@](C/C=C/C=C/c2ccc(F)cc2)(c2ccccc2)c2ccccc21. The van der Waals surface area contributed by atoms with Crippen molar-refractivity contribution in [2.45, 2.75) is 11.8 Å². The van der Waals surface area contributed by atoms with Gasteiger partial charge in [0.1, 0.15) is 11.2 Å². The third-order valence-electron chi connectivity index (χ3n) is 5.49. The lowest BCUT2D eigenvalue weighted by Crippen LogP contribution is -2.39. The Hall–Kier alpha value is -3.46. The predicted octanol–water partition coefficient (Wildman–Crippen LogP) is 5.75. The van der Waals surface area contributed by atoms with E-state index in [1.165, 1.54) is 12.1 Å². The Balaban J connectivity index is 1.66. The van der Waals surface area contributed by atoms with Crippen molar-refractivity contribution in [3.8, 4) is 0 Å². The van der Waals surface area contributed by atoms with Crippen LogP contribution in [0.2, 0.25) is 0 Å². The Bertz CT molecular complexity index is 1070. The van der Waals surface area contributed by atoms with Crippen LogP contribution in [-0.2, 0) is 10.2 Å². The topological polar surface area (TPSA) is 20.3 Å². The summed E-state index contributed by atoms with van der Waals surface area (Å²) in [4.78, 5) is 15.2. The highest BCUT2D eigenvalue weighted by Gasteiger charge is 2.49. The quantitative estimate of drug-likeness (QED) is 0.514. The minimum absolute atomic E-state index is 0.0806. The zero-order valence-electron chi connectivity index (χ0n) is 16.3. The number of carbonyl (C=O) groups excluding carboxylic acids is 1. The largest absolute Gasteiger partial charge is 0.314 e. The number of amides is 1. The summed E-state index contributed by atoms with van der Waals surface area (Å²) in [6.07, 6.45) is 8.37. The van der Waals surface area contributed by atoms with Crippen molar-refractivity contribution in [3.05, 3.63) is 120 Å². The Morgan fingerprint density at radius 1 is 0.897 bits per heavy atom. The molecule has 0 aromatic heterocycles. The van der Waals surface area contributed by atoms with Crippen LogP contribution in [0.3, 0.4) is 0 Å². The summed E-state index contributed by atoms with van der Waals surface area (Å²) in [5.41, 5.74) is 3.18. The van der Waals surface area contributed by atoms with Crippen LogP contribution < -0.4 is 4.90 Å². The van der Waals surface area contributed by atoms with Gasteiger partial charge >= 0.3 is 0 Å². The van der Waals surface area contributed by atoms with Gasteiger partial charge in [0.2, 0.25) is 5.91 Å². The number of halogens is 1. The number of fused-ring (bicyclic) bond motifs is 1. The van der Waals surface area contributed by atoms with Gasteiger partial charge in [0.15, 0.2) is 0 Å². The molecule has 29 heavy (non-hydrogen) atoms. The molecule has 0 saturated carbocycles. The smallest absolute Gasteiger partial charge is 0.242 e. The molecule has 3 aromatic carbocycles. The van der Waals surface area contributed by atoms with E-state index in [1.807, 2.05) is 85.9 Å². The average Bonchev–Trinajstić information content (AvgIpc) is 2.98. The van der Waals surface area contributed by atoms with Crippen LogP contribution in [0.1, 0.15) is 23.1 Å². The molecule has 0 spiro atoms. The molecule has 0 aliphatic carbocycles. The van der Waals surface area contributed by atoms with Crippen LogP contribution in [-0.4, -0.2) is 13.0 Å². The number of anilines is 1. The maximum absolute atomic E-state index is 13.4. The molecule has 0 radical (unpaired) electrons. The Morgan fingerprint density at radius 3 is 2.34 bits per heavy atom. The number of carbonyl (C=O) groups is 1. The van der Waals surface area contributed by atoms with Crippen molar-refractivity contribution in [1.29, 1.82) is 0 Å². The lowest BCUT2D eigenvalue weighted by Gasteiger charge is -2.28. The van der Waals surface area contributed by atoms with Gasteiger partial charge in [-0.1, -0.05) is 85.0 Å². The summed E-state index contributed by atoms with van der Waals surface area (Å²) in [5.74, 6) is -0.165. The van der Waals surface area contributed by atoms with Crippen molar-refractivity contribution < 1.29 is 9.18 Å². The molecule has 1 aliphatic heterocycles. The molecule has 144 valence electrons. The van der Waals surface area contributed by atoms with Gasteiger partial charge in [0.25, 0.3) is 0 Å². The predicted molar refractivity (Wildman–Crippen MR) is 116 cm³/mol. The van der Waals surface area contributed by atoms with Crippen LogP contribution in [0, 0.1) is 5.82 Å². The fourth-order valence-electron chi connectivity index (χ4n) is 4.02. The fourth-order valence-corrected chi connectivity index (χ4v) is 4.02. The summed E-state index contributed by atoms with van der Waals surface area (Å²) in [5, 5.41) is 0. The number of hydrogen-bond acceptors (Lipinski definition) is 1. The van der Waals surface area contributed by atoms with Crippen LogP contribution in [0.5, 0.6) is 0 Å². The van der Waals surface area contributed by atoms with E-state index in [0.29, 0.717) is 6.42 Å². The molecule has 3 heteroatoms. The second-order valence-corrected chi connectivity index (χ2v) is 7.20. The number of rotatable bonds is 5. The first kappa shape index (κ1) is 18.9. The van der Waals surface area contributed by atoms with Crippen LogP contribution in [0.4, 0.5) is 10.1 Å². The van der Waals surface area contributed by atoms with E-state index in [1.54, 1.807) is 17.0 Å². The minimum atomic E-state index is -0.729. The molecule has 3 aromatic rings. The molecule has 1 aliphatic rings. The maximum atomic E-state index is 13.4. The molecule has 4 rings (SSSR count). The molecule has 0 N–H and O–H groups in total. The summed E-state index contributed by atoms with van der Waals surface area (Å²) in [6.45, 7) is 0. The molecular weight excluding hydrogens is 361 g/mol. The number of benzene rings is 3. The zero-order chi connectivity index (χ0) is 20.3. The Labute approximate surface area is 170 Å². The van der Waals surface area contributed by atoms with Crippen molar-refractivity contribution in [2.24, 2.45) is 0 Å². The van der Waals surface area contributed by atoms with E-state index < -0.39 is 5.41 Å². The Kier molecular flexibility index (Phi) is 5.13. The second-order valence-electron chi connectivity index (χ2n) is 7.20. The first-order valence-electron chi connectivity index (χ1n) is 9.65. The van der Waals surface area contributed by atoms with Crippen molar-refractivity contribution in [3.63, 3.8) is 0 Å². The number of hydrogen-bond donors (Lipinski definition) is 0. The first-order valence-corrected chi connectivity index (χ1v) is 9.65. The number of likely N-dealkylation sites (N-methyl/N-ethyl adjacent to an activating group) is 1. The van der Waals surface area contributed by atoms with Gasteiger partial charge in [-0.15, -0.1) is 0 Å². The third-order valence-corrected chi connectivity index (χ3v) is 5.49. The van der Waals surface area contributed by atoms with Crippen LogP contribution >= 0.6 is 0 Å². The highest BCUT2D eigenvalue weighted by Crippen LogP contribution is 2.47. The maximum Gasteiger partial charge on any atom is 0.242 e. The molecular formula is C26H22FNO. The molecule has 1 heterocycles. The first-order chi connectivity index (χ1) is 14.1. The Morgan fingerprint density at radius 2 is 1.59 bits per heavy atom. The lowest BCUT2D eigenvalue weighted by molar-refractivity contribution is -0.121. The molecule has 0 saturated heterocycles. The molecule has 2 nitrogen and oxygen atoms in total. The number of para-hydroxylation sites is 1. The lowest BCUT2D eigenvalue weighted by atomic mass is 9.73. The molecule has 1 atom stereocenters. The van der Waals surface area contributed by atoms with Crippen molar-refractivity contribution >= 4 is 17.7 Å². The fraction of sp³-hybridized carbons (Fsp3) is 0.115. The van der Waals surface area contributed by atoms with E-state index >= 15 is 0 Å².